The third kappa shape index (κ3) is 2.46. The van der Waals surface area contributed by atoms with Crippen LogP contribution in [0.4, 0.5) is 0 Å². The van der Waals surface area contributed by atoms with Gasteiger partial charge in [-0.15, -0.1) is 0 Å². The zero-order chi connectivity index (χ0) is 14.0. The second-order valence-electron chi connectivity index (χ2n) is 5.06. The van der Waals surface area contributed by atoms with Crippen molar-refractivity contribution in [3.63, 3.8) is 0 Å². The number of piperazine rings is 1. The molecule has 0 atom stereocenters. The first kappa shape index (κ1) is 13.5. The minimum Gasteiger partial charge on any atom is -0.352 e. The lowest BCUT2D eigenvalue weighted by Gasteiger charge is -2.40. The molecule has 0 bridgehead atoms. The Balaban J connectivity index is 2.20. The van der Waals surface area contributed by atoms with Gasteiger partial charge in [-0.05, 0) is 13.8 Å². The number of nitrogens with two attached hydrogens (primary N) is 1. The molecule has 2 rings (SSSR count). The third-order valence-corrected chi connectivity index (χ3v) is 3.34. The average molecular weight is 265 g/mol. The zero-order valence-corrected chi connectivity index (χ0v) is 11.2. The first-order valence-electron chi connectivity index (χ1n) is 6.29. The highest BCUT2D eigenvalue weighted by Gasteiger charge is 2.41. The van der Waals surface area contributed by atoms with Gasteiger partial charge in [0.05, 0.1) is 6.33 Å². The van der Waals surface area contributed by atoms with Crippen LogP contribution in [0.5, 0.6) is 0 Å². The lowest BCUT2D eigenvalue weighted by Crippen LogP contribution is -2.63. The van der Waals surface area contributed by atoms with Crippen LogP contribution in [-0.4, -0.2) is 51.4 Å². The molecule has 104 valence electrons. The summed E-state index contributed by atoms with van der Waals surface area (Å²) in [4.78, 5) is 29.9. The molecule has 3 N–H and O–H groups in total. The van der Waals surface area contributed by atoms with Gasteiger partial charge >= 0.3 is 0 Å². The summed E-state index contributed by atoms with van der Waals surface area (Å²) in [7, 11) is 0. The van der Waals surface area contributed by atoms with E-state index in [0.717, 1.165) is 0 Å². The topological polar surface area (TPSA) is 93.2 Å². The Morgan fingerprint density at radius 2 is 2.32 bits per heavy atom. The minimum absolute atomic E-state index is 0.145. The number of hydrogen-bond acceptors (Lipinski definition) is 4. The van der Waals surface area contributed by atoms with Crippen LogP contribution in [0.3, 0.4) is 0 Å². The Hall–Kier alpha value is -1.89. The summed E-state index contributed by atoms with van der Waals surface area (Å²) in [6.45, 7) is 5.52. The van der Waals surface area contributed by atoms with E-state index in [1.54, 1.807) is 35.8 Å². The maximum absolute atomic E-state index is 12.4. The Labute approximate surface area is 111 Å². The van der Waals surface area contributed by atoms with Crippen molar-refractivity contribution in [2.75, 3.05) is 19.6 Å². The van der Waals surface area contributed by atoms with E-state index in [4.69, 9.17) is 5.73 Å². The van der Waals surface area contributed by atoms with Crippen molar-refractivity contribution in [3.05, 3.63) is 18.2 Å². The predicted molar refractivity (Wildman–Crippen MR) is 69.4 cm³/mol. The largest absolute Gasteiger partial charge is 0.352 e. The molecule has 0 saturated carbocycles. The predicted octanol–water partition coefficient (Wildman–Crippen LogP) is -0.808. The first-order valence-corrected chi connectivity index (χ1v) is 6.29. The molecule has 1 aliphatic heterocycles. The van der Waals surface area contributed by atoms with E-state index in [0.29, 0.717) is 31.9 Å². The van der Waals surface area contributed by atoms with Gasteiger partial charge in [0, 0.05) is 32.4 Å². The normalized spacial score (nSPS) is 18.3. The minimum atomic E-state index is -0.854. The van der Waals surface area contributed by atoms with Crippen molar-refractivity contribution in [1.82, 2.24) is 19.8 Å². The van der Waals surface area contributed by atoms with Gasteiger partial charge < -0.3 is 20.5 Å². The fourth-order valence-corrected chi connectivity index (χ4v) is 2.14. The number of carbonyl (C=O) groups is 2. The van der Waals surface area contributed by atoms with Gasteiger partial charge in [0.15, 0.2) is 0 Å². The number of nitrogens with one attached hydrogen (secondary N) is 1. The van der Waals surface area contributed by atoms with Crippen molar-refractivity contribution < 1.29 is 9.59 Å². The molecule has 1 fully saturated rings. The van der Waals surface area contributed by atoms with E-state index in [2.05, 4.69) is 10.3 Å². The summed E-state index contributed by atoms with van der Waals surface area (Å²) in [5.41, 5.74) is 4.94. The van der Waals surface area contributed by atoms with E-state index < -0.39 is 5.54 Å². The number of amides is 2. The highest BCUT2D eigenvalue weighted by Crippen LogP contribution is 2.20. The molecule has 1 aromatic heterocycles. The Morgan fingerprint density at radius 3 is 3.00 bits per heavy atom. The third-order valence-electron chi connectivity index (χ3n) is 3.34. The van der Waals surface area contributed by atoms with Gasteiger partial charge in [0.2, 0.25) is 5.91 Å². The van der Waals surface area contributed by atoms with Crippen LogP contribution in [0.25, 0.3) is 0 Å². The fourth-order valence-electron chi connectivity index (χ4n) is 2.14. The molecule has 0 aliphatic carbocycles. The number of aromatic nitrogens is 2. The van der Waals surface area contributed by atoms with Crippen LogP contribution in [0.2, 0.25) is 0 Å². The van der Waals surface area contributed by atoms with Gasteiger partial charge in [0.25, 0.3) is 5.91 Å². The van der Waals surface area contributed by atoms with Crippen LogP contribution in [0.15, 0.2) is 12.5 Å². The van der Waals surface area contributed by atoms with Gasteiger partial charge in [0.1, 0.15) is 11.2 Å². The van der Waals surface area contributed by atoms with E-state index in [1.807, 2.05) is 0 Å². The van der Waals surface area contributed by atoms with Crippen LogP contribution in [0.1, 0.15) is 24.3 Å². The van der Waals surface area contributed by atoms with Crippen molar-refractivity contribution in [2.24, 2.45) is 5.73 Å². The van der Waals surface area contributed by atoms with E-state index in [1.165, 1.54) is 0 Å². The molecule has 0 radical (unpaired) electrons. The molecule has 7 heteroatoms. The van der Waals surface area contributed by atoms with Gasteiger partial charge in [-0.2, -0.15) is 0 Å². The SMILES string of the molecule is CC1(C)C(=O)NCCN1C(=O)c1cn(CCN)cn1. The molecule has 1 saturated heterocycles. The molecule has 2 amide bonds. The van der Waals surface area contributed by atoms with Gasteiger partial charge in [-0.1, -0.05) is 0 Å². The molecule has 0 spiro atoms. The van der Waals surface area contributed by atoms with Crippen LogP contribution in [0, 0.1) is 0 Å². The molecule has 1 aliphatic rings. The number of hydrogen-bond donors (Lipinski definition) is 2. The number of rotatable bonds is 3. The maximum atomic E-state index is 12.4. The zero-order valence-electron chi connectivity index (χ0n) is 11.2. The number of nitrogens with zero attached hydrogens (tertiary/aromatic N) is 3. The second-order valence-corrected chi connectivity index (χ2v) is 5.06. The van der Waals surface area contributed by atoms with Gasteiger partial charge in [-0.3, -0.25) is 9.59 Å². The summed E-state index contributed by atoms with van der Waals surface area (Å²) in [5, 5.41) is 2.76. The monoisotopic (exact) mass is 265 g/mol. The number of imidazole rings is 1. The molecule has 7 nitrogen and oxygen atoms in total. The highest BCUT2D eigenvalue weighted by molar-refractivity contribution is 5.98. The summed E-state index contributed by atoms with van der Waals surface area (Å²) >= 11 is 0. The van der Waals surface area contributed by atoms with Crippen molar-refractivity contribution in [2.45, 2.75) is 25.9 Å². The average Bonchev–Trinajstić information content (AvgIpc) is 2.81. The molecular weight excluding hydrogens is 246 g/mol. The maximum Gasteiger partial charge on any atom is 0.274 e. The summed E-state index contributed by atoms with van der Waals surface area (Å²) in [6, 6.07) is 0. The first-order chi connectivity index (χ1) is 8.96. The van der Waals surface area contributed by atoms with Crippen LogP contribution >= 0.6 is 0 Å². The van der Waals surface area contributed by atoms with Crippen LogP contribution < -0.4 is 11.1 Å². The van der Waals surface area contributed by atoms with E-state index in [9.17, 15) is 9.59 Å². The quantitative estimate of drug-likeness (QED) is 0.747. The smallest absolute Gasteiger partial charge is 0.274 e. The molecule has 19 heavy (non-hydrogen) atoms. The Morgan fingerprint density at radius 1 is 1.58 bits per heavy atom. The van der Waals surface area contributed by atoms with Crippen molar-refractivity contribution in [3.8, 4) is 0 Å². The van der Waals surface area contributed by atoms with E-state index >= 15 is 0 Å². The molecule has 0 aromatic carbocycles. The molecule has 0 unspecified atom stereocenters. The Kier molecular flexibility index (Phi) is 3.57. The lowest BCUT2D eigenvalue weighted by atomic mass is 9.98. The summed E-state index contributed by atoms with van der Waals surface area (Å²) in [6.07, 6.45) is 3.24. The van der Waals surface area contributed by atoms with Crippen molar-refractivity contribution in [1.29, 1.82) is 0 Å². The molecule has 2 heterocycles. The summed E-state index contributed by atoms with van der Waals surface area (Å²) < 4.78 is 1.77. The van der Waals surface area contributed by atoms with E-state index in [-0.39, 0.29) is 11.8 Å². The molecular formula is C12H19N5O2. The lowest BCUT2D eigenvalue weighted by molar-refractivity contribution is -0.133. The molecule has 1 aromatic rings. The van der Waals surface area contributed by atoms with Crippen molar-refractivity contribution >= 4 is 11.8 Å². The fraction of sp³-hybridized carbons (Fsp3) is 0.583. The second kappa shape index (κ2) is 5.00. The van der Waals surface area contributed by atoms with Gasteiger partial charge in [-0.25, -0.2) is 4.98 Å². The standard InChI is InChI=1S/C12H19N5O2/c1-12(2)11(19)14-4-6-17(12)10(18)9-7-16(5-3-13)8-15-9/h7-8H,3-6,13H2,1-2H3,(H,14,19). The Bertz CT molecular complexity index is 494. The highest BCUT2D eigenvalue weighted by atomic mass is 16.2. The number of carbonyl (C=O) groups excluding carboxylic acids is 2. The summed E-state index contributed by atoms with van der Waals surface area (Å²) in [5.74, 6) is -0.371. The van der Waals surface area contributed by atoms with Crippen LogP contribution in [-0.2, 0) is 11.3 Å².